The van der Waals surface area contributed by atoms with Crippen LogP contribution in [-0.4, -0.2) is 27.6 Å². The minimum atomic E-state index is -4.48. The molecule has 1 saturated heterocycles. The van der Waals surface area contributed by atoms with E-state index in [4.69, 9.17) is 4.52 Å². The van der Waals surface area contributed by atoms with Gasteiger partial charge in [-0.3, -0.25) is 0 Å². The van der Waals surface area contributed by atoms with Gasteiger partial charge >= 0.3 is 12.2 Å². The third kappa shape index (κ3) is 4.70. The number of rotatable bonds is 3. The number of carbonyl (C=O) groups excluding carboxylic acids is 1. The monoisotopic (exact) mass is 430 g/mol. The Morgan fingerprint density at radius 2 is 1.97 bits per heavy atom. The predicted octanol–water partition coefficient (Wildman–Crippen LogP) is 5.82. The van der Waals surface area contributed by atoms with Crippen LogP contribution in [0.15, 0.2) is 53.1 Å². The molecule has 0 saturated carbocycles. The second-order valence-corrected chi connectivity index (χ2v) is 7.54. The van der Waals surface area contributed by atoms with E-state index in [2.05, 4.69) is 15.5 Å². The molecule has 6 nitrogen and oxygen atoms in total. The molecule has 31 heavy (non-hydrogen) atoms. The van der Waals surface area contributed by atoms with E-state index in [-0.39, 0.29) is 5.69 Å². The highest BCUT2D eigenvalue weighted by Gasteiger charge is 2.33. The van der Waals surface area contributed by atoms with E-state index in [0.717, 1.165) is 36.1 Å². The van der Waals surface area contributed by atoms with Gasteiger partial charge in [0.25, 0.3) is 0 Å². The molecule has 2 amide bonds. The first-order chi connectivity index (χ1) is 14.8. The van der Waals surface area contributed by atoms with Crippen molar-refractivity contribution in [3.63, 3.8) is 0 Å². The van der Waals surface area contributed by atoms with Gasteiger partial charge in [0.2, 0.25) is 11.7 Å². The molecule has 162 valence electrons. The number of nitrogens with one attached hydrogen (secondary N) is 1. The number of urea groups is 1. The standard InChI is InChI=1S/C22H21F3N4O2/c1-14-6-4-7-15(12-14)19-27-20(31-28-19)18-10-2-3-11-29(18)21(30)26-17-9-5-8-16(13-17)22(23,24)25/h4-9,12-13,18H,2-3,10-11H2,1H3,(H,26,30). The van der Waals surface area contributed by atoms with Crippen LogP contribution in [0.1, 0.15) is 42.3 Å². The van der Waals surface area contributed by atoms with Crippen molar-refractivity contribution >= 4 is 11.7 Å². The zero-order chi connectivity index (χ0) is 22.0. The Bertz CT molecular complexity index is 1080. The van der Waals surface area contributed by atoms with E-state index < -0.39 is 23.8 Å². The maximum Gasteiger partial charge on any atom is 0.416 e. The molecule has 0 aliphatic carbocycles. The summed E-state index contributed by atoms with van der Waals surface area (Å²) in [5.74, 6) is 0.748. The molecule has 0 spiro atoms. The quantitative estimate of drug-likeness (QED) is 0.568. The Balaban J connectivity index is 1.53. The second-order valence-electron chi connectivity index (χ2n) is 7.54. The summed E-state index contributed by atoms with van der Waals surface area (Å²) in [6, 6.07) is 11.3. The van der Waals surface area contributed by atoms with Crippen molar-refractivity contribution in [3.8, 4) is 11.4 Å². The fraction of sp³-hybridized carbons (Fsp3) is 0.318. The molecular weight excluding hydrogens is 409 g/mol. The lowest BCUT2D eigenvalue weighted by Crippen LogP contribution is -2.41. The highest BCUT2D eigenvalue weighted by Crippen LogP contribution is 2.33. The second kappa shape index (κ2) is 8.41. The van der Waals surface area contributed by atoms with Crippen molar-refractivity contribution in [2.24, 2.45) is 0 Å². The summed E-state index contributed by atoms with van der Waals surface area (Å²) in [6.07, 6.45) is -2.19. The number of hydrogen-bond donors (Lipinski definition) is 1. The number of halogens is 3. The molecule has 1 atom stereocenters. The van der Waals surface area contributed by atoms with Crippen molar-refractivity contribution in [1.82, 2.24) is 15.0 Å². The number of hydrogen-bond acceptors (Lipinski definition) is 4. The van der Waals surface area contributed by atoms with Crippen LogP contribution >= 0.6 is 0 Å². The van der Waals surface area contributed by atoms with Crippen LogP contribution in [0.5, 0.6) is 0 Å². The number of amides is 2. The van der Waals surface area contributed by atoms with Crippen LogP contribution in [0, 0.1) is 6.92 Å². The predicted molar refractivity (Wildman–Crippen MR) is 108 cm³/mol. The first-order valence-corrected chi connectivity index (χ1v) is 9.97. The van der Waals surface area contributed by atoms with E-state index in [1.165, 1.54) is 17.0 Å². The number of alkyl halides is 3. The van der Waals surface area contributed by atoms with E-state index >= 15 is 0 Å². The Hall–Kier alpha value is -3.36. The van der Waals surface area contributed by atoms with E-state index in [9.17, 15) is 18.0 Å². The largest absolute Gasteiger partial charge is 0.416 e. The first kappa shape index (κ1) is 20.9. The fourth-order valence-electron chi connectivity index (χ4n) is 3.67. The molecule has 9 heteroatoms. The van der Waals surface area contributed by atoms with Crippen molar-refractivity contribution < 1.29 is 22.5 Å². The molecule has 2 heterocycles. The van der Waals surface area contributed by atoms with Gasteiger partial charge in [-0.15, -0.1) is 0 Å². The van der Waals surface area contributed by atoms with E-state index in [1.807, 2.05) is 31.2 Å². The summed E-state index contributed by atoms with van der Waals surface area (Å²) < 4.78 is 44.3. The first-order valence-electron chi connectivity index (χ1n) is 9.97. The highest BCUT2D eigenvalue weighted by molar-refractivity contribution is 5.89. The van der Waals surface area contributed by atoms with Gasteiger partial charge in [0.1, 0.15) is 6.04 Å². The normalized spacial score (nSPS) is 16.9. The maximum absolute atomic E-state index is 13.0. The molecule has 0 radical (unpaired) electrons. The zero-order valence-electron chi connectivity index (χ0n) is 16.8. The van der Waals surface area contributed by atoms with Gasteiger partial charge in [0.05, 0.1) is 5.56 Å². The summed E-state index contributed by atoms with van der Waals surface area (Å²) in [7, 11) is 0. The number of nitrogens with zero attached hydrogens (tertiary/aromatic N) is 3. The van der Waals surface area contributed by atoms with Gasteiger partial charge in [-0.1, -0.05) is 35.0 Å². The third-order valence-electron chi connectivity index (χ3n) is 5.21. The van der Waals surface area contributed by atoms with Crippen LogP contribution in [0.4, 0.5) is 23.7 Å². The molecule has 1 fully saturated rings. The van der Waals surface area contributed by atoms with Crippen molar-refractivity contribution in [3.05, 3.63) is 65.5 Å². The Kier molecular flexibility index (Phi) is 5.67. The number of aromatic nitrogens is 2. The minimum Gasteiger partial charge on any atom is -0.337 e. The van der Waals surface area contributed by atoms with Crippen LogP contribution in [0.25, 0.3) is 11.4 Å². The van der Waals surface area contributed by atoms with Gasteiger partial charge in [0.15, 0.2) is 0 Å². The topological polar surface area (TPSA) is 71.3 Å². The highest BCUT2D eigenvalue weighted by atomic mass is 19.4. The van der Waals surface area contributed by atoms with E-state index in [0.29, 0.717) is 24.7 Å². The summed E-state index contributed by atoms with van der Waals surface area (Å²) in [4.78, 5) is 18.9. The molecule has 3 aromatic rings. The molecular formula is C22H21F3N4O2. The number of aryl methyl sites for hydroxylation is 1. The van der Waals surface area contributed by atoms with Crippen molar-refractivity contribution in [2.45, 2.75) is 38.4 Å². The molecule has 1 aromatic heterocycles. The van der Waals surface area contributed by atoms with Crippen LogP contribution in [0.3, 0.4) is 0 Å². The number of piperidine rings is 1. The summed E-state index contributed by atoms with van der Waals surface area (Å²) in [5, 5.41) is 6.62. The average Bonchev–Trinajstić information content (AvgIpc) is 3.23. The van der Waals surface area contributed by atoms with Gasteiger partial charge in [-0.25, -0.2) is 4.79 Å². The van der Waals surface area contributed by atoms with Crippen LogP contribution in [-0.2, 0) is 6.18 Å². The number of anilines is 1. The van der Waals surface area contributed by atoms with Crippen molar-refractivity contribution in [2.75, 3.05) is 11.9 Å². The molecule has 1 aliphatic heterocycles. The Morgan fingerprint density at radius 1 is 1.16 bits per heavy atom. The molecule has 1 unspecified atom stereocenters. The van der Waals surface area contributed by atoms with Gasteiger partial charge in [-0.2, -0.15) is 18.2 Å². The lowest BCUT2D eigenvalue weighted by Gasteiger charge is -2.33. The third-order valence-corrected chi connectivity index (χ3v) is 5.21. The summed E-state index contributed by atoms with van der Waals surface area (Å²) >= 11 is 0. The number of carbonyl (C=O) groups is 1. The smallest absolute Gasteiger partial charge is 0.337 e. The molecule has 4 rings (SSSR count). The average molecular weight is 430 g/mol. The molecule has 1 aliphatic rings. The Morgan fingerprint density at radius 3 is 2.74 bits per heavy atom. The minimum absolute atomic E-state index is 0.0788. The Labute approximate surface area is 177 Å². The number of likely N-dealkylation sites (tertiary alicyclic amines) is 1. The van der Waals surface area contributed by atoms with E-state index in [1.54, 1.807) is 0 Å². The molecule has 1 N–H and O–H groups in total. The summed E-state index contributed by atoms with van der Waals surface area (Å²) in [6.45, 7) is 2.41. The lowest BCUT2D eigenvalue weighted by molar-refractivity contribution is -0.137. The van der Waals surface area contributed by atoms with Gasteiger partial charge in [-0.05, 0) is 50.5 Å². The van der Waals surface area contributed by atoms with Crippen molar-refractivity contribution in [1.29, 1.82) is 0 Å². The zero-order valence-corrected chi connectivity index (χ0v) is 16.8. The van der Waals surface area contributed by atoms with Gasteiger partial charge in [0, 0.05) is 17.8 Å². The lowest BCUT2D eigenvalue weighted by atomic mass is 10.0. The fourth-order valence-corrected chi connectivity index (χ4v) is 3.67. The SMILES string of the molecule is Cc1cccc(-c2noc(C3CCCCN3C(=O)Nc3cccc(C(F)(F)F)c3)n2)c1. The number of benzene rings is 2. The molecule has 2 aromatic carbocycles. The summed E-state index contributed by atoms with van der Waals surface area (Å²) in [5.41, 5.74) is 1.13. The van der Waals surface area contributed by atoms with Crippen LogP contribution < -0.4 is 5.32 Å². The molecule has 0 bridgehead atoms. The van der Waals surface area contributed by atoms with Crippen LogP contribution in [0.2, 0.25) is 0 Å². The maximum atomic E-state index is 13.0. The van der Waals surface area contributed by atoms with Gasteiger partial charge < -0.3 is 14.7 Å².